The summed E-state index contributed by atoms with van der Waals surface area (Å²) in [5.74, 6) is 0.990. The molecule has 0 amide bonds. The lowest BCUT2D eigenvalue weighted by Gasteiger charge is -2.20. The molecule has 3 rings (SSSR count). The van der Waals surface area contributed by atoms with Crippen LogP contribution in [0.5, 0.6) is 5.75 Å². The summed E-state index contributed by atoms with van der Waals surface area (Å²) in [6.07, 6.45) is 2.19. The van der Waals surface area contributed by atoms with E-state index in [1.165, 1.54) is 17.4 Å². The summed E-state index contributed by atoms with van der Waals surface area (Å²) in [7, 11) is -1.14. The fraction of sp³-hybridized carbons (Fsp3) is 0.294. The Labute approximate surface area is 131 Å². The molecule has 0 fully saturated rings. The van der Waals surface area contributed by atoms with Gasteiger partial charge in [-0.25, -0.2) is 8.42 Å². The summed E-state index contributed by atoms with van der Waals surface area (Å²) in [4.78, 5) is 2.45. The Bertz CT molecular complexity index is 782. The molecule has 0 aromatic heterocycles. The van der Waals surface area contributed by atoms with E-state index in [0.29, 0.717) is 4.90 Å². The molecule has 1 aliphatic rings. The van der Waals surface area contributed by atoms with Crippen molar-refractivity contribution in [3.63, 3.8) is 0 Å². The van der Waals surface area contributed by atoms with Crippen LogP contribution in [-0.2, 0) is 22.8 Å². The first-order valence-electron chi connectivity index (χ1n) is 7.19. The van der Waals surface area contributed by atoms with Crippen LogP contribution in [-0.4, -0.2) is 28.3 Å². The normalized spacial score (nSPS) is 13.5. The molecule has 5 heteroatoms. The quantitative estimate of drug-likeness (QED) is 0.870. The van der Waals surface area contributed by atoms with Crippen LogP contribution in [0.2, 0.25) is 0 Å². The van der Waals surface area contributed by atoms with Crippen molar-refractivity contribution in [1.29, 1.82) is 0 Å². The first-order valence-corrected chi connectivity index (χ1v) is 9.08. The Morgan fingerprint density at radius 1 is 1.14 bits per heavy atom. The van der Waals surface area contributed by atoms with E-state index in [1.807, 2.05) is 25.2 Å². The van der Waals surface area contributed by atoms with Crippen LogP contribution in [0.1, 0.15) is 11.1 Å². The molecule has 22 heavy (non-hydrogen) atoms. The van der Waals surface area contributed by atoms with Gasteiger partial charge in [-0.15, -0.1) is 0 Å². The molecular weight excluding hydrogens is 298 g/mol. The van der Waals surface area contributed by atoms with E-state index in [2.05, 4.69) is 17.0 Å². The second kappa shape index (κ2) is 5.65. The Hall–Kier alpha value is -2.01. The summed E-state index contributed by atoms with van der Waals surface area (Å²) in [5, 5.41) is 0. The molecule has 0 spiro atoms. The highest BCUT2D eigenvalue weighted by Crippen LogP contribution is 2.27. The highest BCUT2D eigenvalue weighted by atomic mass is 32.2. The zero-order valence-corrected chi connectivity index (χ0v) is 13.6. The molecule has 0 unspecified atom stereocenters. The number of nitrogens with zero attached hydrogens (tertiary/aromatic N) is 1. The van der Waals surface area contributed by atoms with Crippen LogP contribution < -0.4 is 9.64 Å². The Morgan fingerprint density at radius 2 is 1.86 bits per heavy atom. The van der Waals surface area contributed by atoms with Crippen molar-refractivity contribution in [3.8, 4) is 5.75 Å². The van der Waals surface area contributed by atoms with E-state index < -0.39 is 9.84 Å². The van der Waals surface area contributed by atoms with Crippen molar-refractivity contribution in [2.45, 2.75) is 17.9 Å². The van der Waals surface area contributed by atoms with Gasteiger partial charge in [0, 0.05) is 32.0 Å². The Kier molecular flexibility index (Phi) is 3.83. The highest BCUT2D eigenvalue weighted by molar-refractivity contribution is 7.90. The van der Waals surface area contributed by atoms with Gasteiger partial charge < -0.3 is 9.64 Å². The smallest absolute Gasteiger partial charge is 0.175 e. The van der Waals surface area contributed by atoms with E-state index >= 15 is 0 Å². The number of anilines is 1. The number of rotatable bonds is 4. The third-order valence-electron chi connectivity index (χ3n) is 3.88. The summed E-state index contributed by atoms with van der Waals surface area (Å²) in [6, 6.07) is 13.3. The molecule has 1 aliphatic heterocycles. The summed E-state index contributed by atoms with van der Waals surface area (Å²) in [5.41, 5.74) is 3.47. The lowest BCUT2D eigenvalue weighted by atomic mass is 10.1. The van der Waals surface area contributed by atoms with Crippen LogP contribution in [0, 0.1) is 0 Å². The molecule has 0 saturated heterocycles. The van der Waals surface area contributed by atoms with E-state index in [1.54, 1.807) is 12.1 Å². The first kappa shape index (κ1) is 14.9. The zero-order chi connectivity index (χ0) is 15.7. The number of fused-ring (bicyclic) bond motifs is 1. The maximum atomic E-state index is 11.5. The standard InChI is InChI=1S/C17H19NO3S/c1-18(15-4-6-16(7-5-15)22(2,19)20)12-13-3-8-17-14(11-13)9-10-21-17/h3-8,11H,9-10,12H2,1-2H3. The fourth-order valence-electron chi connectivity index (χ4n) is 2.65. The molecule has 4 nitrogen and oxygen atoms in total. The van der Waals surface area contributed by atoms with Gasteiger partial charge in [0.2, 0.25) is 0 Å². The van der Waals surface area contributed by atoms with Gasteiger partial charge in [-0.3, -0.25) is 0 Å². The lowest BCUT2D eigenvalue weighted by Crippen LogP contribution is -2.16. The number of hydrogen-bond acceptors (Lipinski definition) is 4. The predicted molar refractivity (Wildman–Crippen MR) is 87.3 cm³/mol. The number of ether oxygens (including phenoxy) is 1. The molecule has 0 atom stereocenters. The van der Waals surface area contributed by atoms with Gasteiger partial charge in [0.1, 0.15) is 5.75 Å². The average molecular weight is 317 g/mol. The van der Waals surface area contributed by atoms with Crippen LogP contribution in [0.25, 0.3) is 0 Å². The molecule has 2 aromatic rings. The van der Waals surface area contributed by atoms with Gasteiger partial charge in [-0.05, 0) is 41.5 Å². The monoisotopic (exact) mass is 317 g/mol. The summed E-state index contributed by atoms with van der Waals surface area (Å²) < 4.78 is 28.5. The maximum absolute atomic E-state index is 11.5. The Morgan fingerprint density at radius 3 is 2.55 bits per heavy atom. The molecule has 0 N–H and O–H groups in total. The van der Waals surface area contributed by atoms with Crippen molar-refractivity contribution in [2.24, 2.45) is 0 Å². The van der Waals surface area contributed by atoms with Crippen molar-refractivity contribution in [1.82, 2.24) is 0 Å². The second-order valence-corrected chi connectivity index (χ2v) is 7.68. The minimum absolute atomic E-state index is 0.347. The first-order chi connectivity index (χ1) is 10.4. The highest BCUT2D eigenvalue weighted by Gasteiger charge is 2.13. The van der Waals surface area contributed by atoms with Crippen LogP contribution in [0.4, 0.5) is 5.69 Å². The van der Waals surface area contributed by atoms with Gasteiger partial charge >= 0.3 is 0 Å². The van der Waals surface area contributed by atoms with Gasteiger partial charge in [0.05, 0.1) is 11.5 Å². The van der Waals surface area contributed by atoms with Crippen molar-refractivity contribution >= 4 is 15.5 Å². The predicted octanol–water partition coefficient (Wildman–Crippen LogP) is 2.66. The van der Waals surface area contributed by atoms with E-state index in [9.17, 15) is 8.42 Å². The third-order valence-corrected chi connectivity index (χ3v) is 5.01. The summed E-state index contributed by atoms with van der Waals surface area (Å²) in [6.45, 7) is 1.53. The average Bonchev–Trinajstić information content (AvgIpc) is 2.94. The molecule has 116 valence electrons. The number of benzene rings is 2. The van der Waals surface area contributed by atoms with Gasteiger partial charge in [0.15, 0.2) is 9.84 Å². The van der Waals surface area contributed by atoms with Crippen LogP contribution in [0.3, 0.4) is 0 Å². The molecule has 0 radical (unpaired) electrons. The molecule has 1 heterocycles. The molecule has 2 aromatic carbocycles. The van der Waals surface area contributed by atoms with E-state index in [-0.39, 0.29) is 0 Å². The lowest BCUT2D eigenvalue weighted by molar-refractivity contribution is 0.357. The number of sulfone groups is 1. The second-order valence-electron chi connectivity index (χ2n) is 5.66. The fourth-order valence-corrected chi connectivity index (χ4v) is 3.28. The van der Waals surface area contributed by atoms with Gasteiger partial charge in [-0.2, -0.15) is 0 Å². The zero-order valence-electron chi connectivity index (χ0n) is 12.7. The SMILES string of the molecule is CN(Cc1ccc2c(c1)CCO2)c1ccc(S(C)(=O)=O)cc1. The number of hydrogen-bond donors (Lipinski definition) is 0. The maximum Gasteiger partial charge on any atom is 0.175 e. The molecule has 0 aliphatic carbocycles. The molecule has 0 saturated carbocycles. The summed E-state index contributed by atoms with van der Waals surface area (Å²) >= 11 is 0. The Balaban J connectivity index is 1.75. The minimum atomic E-state index is -3.14. The van der Waals surface area contributed by atoms with Crippen LogP contribution >= 0.6 is 0 Å². The van der Waals surface area contributed by atoms with Gasteiger partial charge in [0.25, 0.3) is 0 Å². The largest absolute Gasteiger partial charge is 0.493 e. The third kappa shape index (κ3) is 3.09. The van der Waals surface area contributed by atoms with E-state index in [0.717, 1.165) is 31.0 Å². The van der Waals surface area contributed by atoms with Gasteiger partial charge in [-0.1, -0.05) is 12.1 Å². The van der Waals surface area contributed by atoms with Crippen molar-refractivity contribution in [2.75, 3.05) is 24.8 Å². The topological polar surface area (TPSA) is 46.6 Å². The van der Waals surface area contributed by atoms with E-state index in [4.69, 9.17) is 4.74 Å². The van der Waals surface area contributed by atoms with Crippen molar-refractivity contribution < 1.29 is 13.2 Å². The minimum Gasteiger partial charge on any atom is -0.493 e. The van der Waals surface area contributed by atoms with Crippen molar-refractivity contribution in [3.05, 3.63) is 53.6 Å². The molecular formula is C17H19NO3S. The van der Waals surface area contributed by atoms with Crippen LogP contribution in [0.15, 0.2) is 47.4 Å². The molecule has 0 bridgehead atoms.